The third-order valence-corrected chi connectivity index (χ3v) is 4.77. The van der Waals surface area contributed by atoms with Crippen molar-refractivity contribution in [2.45, 2.75) is 33.1 Å². The molecule has 5 heteroatoms. The standard InChI is InChI=1S/C21H21ClN2O2/c1-4-18-19(21(25)26)23-20(16-7-5-6-8-17(16)22)24(18)15-11-9-14(10-12-15)13(2)3/h5-13H,4H2,1-3H3,(H,25,26). The first-order valence-electron chi connectivity index (χ1n) is 8.64. The quantitative estimate of drug-likeness (QED) is 0.639. The maximum atomic E-state index is 11.7. The minimum absolute atomic E-state index is 0.0651. The van der Waals surface area contributed by atoms with Crippen LogP contribution in [0.3, 0.4) is 0 Å². The first-order valence-corrected chi connectivity index (χ1v) is 9.02. The fourth-order valence-electron chi connectivity index (χ4n) is 3.06. The number of carboxylic acid groups (broad SMARTS) is 1. The molecule has 0 aliphatic heterocycles. The second kappa shape index (κ2) is 7.34. The van der Waals surface area contributed by atoms with E-state index in [1.165, 1.54) is 5.56 Å². The summed E-state index contributed by atoms with van der Waals surface area (Å²) in [6.45, 7) is 6.21. The lowest BCUT2D eigenvalue weighted by Gasteiger charge is -2.14. The lowest BCUT2D eigenvalue weighted by molar-refractivity contribution is 0.0690. The van der Waals surface area contributed by atoms with Gasteiger partial charge in [0.05, 0.1) is 10.7 Å². The van der Waals surface area contributed by atoms with Crippen LogP contribution in [-0.4, -0.2) is 20.6 Å². The Morgan fingerprint density at radius 2 is 1.81 bits per heavy atom. The van der Waals surface area contributed by atoms with Gasteiger partial charge in [0.25, 0.3) is 0 Å². The Bertz CT molecular complexity index is 943. The van der Waals surface area contributed by atoms with Crippen molar-refractivity contribution in [3.63, 3.8) is 0 Å². The number of carbonyl (C=O) groups is 1. The molecule has 4 nitrogen and oxygen atoms in total. The molecule has 1 heterocycles. The van der Waals surface area contributed by atoms with E-state index < -0.39 is 5.97 Å². The van der Waals surface area contributed by atoms with Crippen molar-refractivity contribution >= 4 is 17.6 Å². The van der Waals surface area contributed by atoms with Crippen LogP contribution in [0.1, 0.15) is 48.4 Å². The first-order chi connectivity index (χ1) is 12.4. The number of carboxylic acids is 1. The summed E-state index contributed by atoms with van der Waals surface area (Å²) in [6.07, 6.45) is 0.547. The SMILES string of the molecule is CCc1c(C(=O)O)nc(-c2ccccc2Cl)n1-c1ccc(C(C)C)cc1. The lowest BCUT2D eigenvalue weighted by Crippen LogP contribution is -2.06. The molecule has 0 atom stereocenters. The maximum Gasteiger partial charge on any atom is 0.356 e. The molecule has 0 bridgehead atoms. The van der Waals surface area contributed by atoms with Gasteiger partial charge in [-0.25, -0.2) is 9.78 Å². The molecule has 0 aliphatic rings. The van der Waals surface area contributed by atoms with Gasteiger partial charge in [-0.1, -0.05) is 56.6 Å². The topological polar surface area (TPSA) is 55.1 Å². The highest BCUT2D eigenvalue weighted by Gasteiger charge is 2.23. The maximum absolute atomic E-state index is 11.7. The molecule has 0 spiro atoms. The molecule has 0 fully saturated rings. The number of rotatable bonds is 5. The molecular weight excluding hydrogens is 348 g/mol. The molecule has 0 amide bonds. The van der Waals surface area contributed by atoms with Crippen molar-refractivity contribution < 1.29 is 9.90 Å². The van der Waals surface area contributed by atoms with Crippen LogP contribution in [0.4, 0.5) is 0 Å². The summed E-state index contributed by atoms with van der Waals surface area (Å²) in [5.41, 5.74) is 3.54. The van der Waals surface area contributed by atoms with Crippen LogP contribution < -0.4 is 0 Å². The van der Waals surface area contributed by atoms with Gasteiger partial charge in [-0.3, -0.25) is 4.57 Å². The van der Waals surface area contributed by atoms with Crippen molar-refractivity contribution in [2.24, 2.45) is 0 Å². The van der Waals surface area contributed by atoms with Gasteiger partial charge >= 0.3 is 5.97 Å². The number of aromatic nitrogens is 2. The smallest absolute Gasteiger partial charge is 0.356 e. The normalized spacial score (nSPS) is 11.1. The van der Waals surface area contributed by atoms with E-state index in [-0.39, 0.29) is 5.69 Å². The fraction of sp³-hybridized carbons (Fsp3) is 0.238. The monoisotopic (exact) mass is 368 g/mol. The summed E-state index contributed by atoms with van der Waals surface area (Å²) in [4.78, 5) is 16.2. The Morgan fingerprint density at radius 1 is 1.15 bits per heavy atom. The average Bonchev–Trinajstić information content (AvgIpc) is 3.01. The van der Waals surface area contributed by atoms with E-state index in [0.29, 0.717) is 34.4 Å². The van der Waals surface area contributed by atoms with Gasteiger partial charge < -0.3 is 5.11 Å². The highest BCUT2D eigenvalue weighted by atomic mass is 35.5. The predicted octanol–water partition coefficient (Wildman–Crippen LogP) is 5.58. The zero-order valence-electron chi connectivity index (χ0n) is 15.0. The third-order valence-electron chi connectivity index (χ3n) is 4.44. The molecule has 1 aromatic heterocycles. The van der Waals surface area contributed by atoms with Crippen molar-refractivity contribution in [2.75, 3.05) is 0 Å². The van der Waals surface area contributed by atoms with E-state index >= 15 is 0 Å². The largest absolute Gasteiger partial charge is 0.476 e. The summed E-state index contributed by atoms with van der Waals surface area (Å²) in [5.74, 6) is -0.0649. The van der Waals surface area contributed by atoms with Crippen LogP contribution in [-0.2, 0) is 6.42 Å². The Labute approximate surface area is 158 Å². The van der Waals surface area contributed by atoms with Crippen molar-refractivity contribution in [1.29, 1.82) is 0 Å². The molecule has 0 aliphatic carbocycles. The molecule has 0 radical (unpaired) electrons. The summed E-state index contributed by atoms with van der Waals surface area (Å²) >= 11 is 6.37. The molecule has 26 heavy (non-hydrogen) atoms. The molecular formula is C21H21ClN2O2. The van der Waals surface area contributed by atoms with Crippen LogP contribution >= 0.6 is 11.6 Å². The first kappa shape index (κ1) is 18.2. The minimum Gasteiger partial charge on any atom is -0.476 e. The number of hydrogen-bond acceptors (Lipinski definition) is 2. The highest BCUT2D eigenvalue weighted by Crippen LogP contribution is 2.32. The molecule has 0 unspecified atom stereocenters. The number of nitrogens with zero attached hydrogens (tertiary/aromatic N) is 2. The van der Waals surface area contributed by atoms with Crippen LogP contribution in [0, 0.1) is 0 Å². The van der Waals surface area contributed by atoms with Crippen LogP contribution in [0.5, 0.6) is 0 Å². The average molecular weight is 369 g/mol. The molecule has 1 N–H and O–H groups in total. The summed E-state index contributed by atoms with van der Waals surface area (Å²) in [7, 11) is 0. The number of halogens is 1. The van der Waals surface area contributed by atoms with E-state index in [1.54, 1.807) is 6.07 Å². The van der Waals surface area contributed by atoms with Crippen molar-refractivity contribution in [1.82, 2.24) is 9.55 Å². The molecule has 0 saturated carbocycles. The van der Waals surface area contributed by atoms with Crippen molar-refractivity contribution in [3.05, 3.63) is 70.5 Å². The van der Waals surface area contributed by atoms with Gasteiger partial charge in [0.15, 0.2) is 5.69 Å². The molecule has 2 aromatic carbocycles. The van der Waals surface area contributed by atoms with E-state index in [0.717, 1.165) is 5.69 Å². The Kier molecular flexibility index (Phi) is 5.14. The van der Waals surface area contributed by atoms with Gasteiger partial charge in [-0.05, 0) is 42.2 Å². The number of benzene rings is 2. The second-order valence-corrected chi connectivity index (χ2v) is 6.86. The van der Waals surface area contributed by atoms with E-state index in [2.05, 4.69) is 31.0 Å². The van der Waals surface area contributed by atoms with Crippen LogP contribution in [0.2, 0.25) is 5.02 Å². The summed E-state index contributed by atoms with van der Waals surface area (Å²) < 4.78 is 1.90. The van der Waals surface area contributed by atoms with Gasteiger partial charge in [0, 0.05) is 11.3 Å². The fourth-order valence-corrected chi connectivity index (χ4v) is 3.28. The van der Waals surface area contributed by atoms with E-state index in [1.807, 2.05) is 41.8 Å². The summed E-state index contributed by atoms with van der Waals surface area (Å²) in [5, 5.41) is 10.1. The third kappa shape index (κ3) is 3.25. The highest BCUT2D eigenvalue weighted by molar-refractivity contribution is 6.33. The molecule has 3 rings (SSSR count). The Hall–Kier alpha value is -2.59. The van der Waals surface area contributed by atoms with E-state index in [4.69, 9.17) is 11.6 Å². The number of aromatic carboxylic acids is 1. The molecule has 134 valence electrons. The minimum atomic E-state index is -1.03. The van der Waals surface area contributed by atoms with Gasteiger partial charge in [-0.2, -0.15) is 0 Å². The van der Waals surface area contributed by atoms with Crippen LogP contribution in [0.25, 0.3) is 17.1 Å². The van der Waals surface area contributed by atoms with Gasteiger partial charge in [0.1, 0.15) is 5.82 Å². The van der Waals surface area contributed by atoms with Crippen LogP contribution in [0.15, 0.2) is 48.5 Å². The number of imidazole rings is 1. The zero-order chi connectivity index (χ0) is 18.8. The lowest BCUT2D eigenvalue weighted by atomic mass is 10.0. The van der Waals surface area contributed by atoms with Crippen molar-refractivity contribution in [3.8, 4) is 17.1 Å². The molecule has 0 saturated heterocycles. The summed E-state index contributed by atoms with van der Waals surface area (Å²) in [6, 6.07) is 15.5. The molecule has 3 aromatic rings. The van der Waals surface area contributed by atoms with Gasteiger partial charge in [-0.15, -0.1) is 0 Å². The van der Waals surface area contributed by atoms with E-state index in [9.17, 15) is 9.90 Å². The Morgan fingerprint density at radius 3 is 2.35 bits per heavy atom. The van der Waals surface area contributed by atoms with Gasteiger partial charge in [0.2, 0.25) is 0 Å². The Balaban J connectivity index is 2.28. The predicted molar refractivity (Wildman–Crippen MR) is 104 cm³/mol. The number of hydrogen-bond donors (Lipinski definition) is 1. The zero-order valence-corrected chi connectivity index (χ0v) is 15.8. The second-order valence-electron chi connectivity index (χ2n) is 6.45.